The maximum atomic E-state index is 14.0. The smallest absolute Gasteiger partial charge is 0.264 e. The van der Waals surface area contributed by atoms with Gasteiger partial charge in [0.25, 0.3) is 10.0 Å². The molecule has 0 aliphatic rings. The number of nitrogens with one attached hydrogen (secondary N) is 1. The van der Waals surface area contributed by atoms with Crippen LogP contribution < -0.4 is 14.4 Å². The van der Waals surface area contributed by atoms with Gasteiger partial charge in [0.15, 0.2) is 0 Å². The highest BCUT2D eigenvalue weighted by Gasteiger charge is 2.33. The number of carbonyl (C=O) groups is 2. The van der Waals surface area contributed by atoms with Crippen molar-refractivity contribution in [2.75, 3.05) is 18.0 Å². The van der Waals surface area contributed by atoms with E-state index in [9.17, 15) is 18.0 Å². The van der Waals surface area contributed by atoms with Crippen molar-refractivity contribution >= 4 is 27.5 Å². The number of aryl methyl sites for hydroxylation is 2. The summed E-state index contributed by atoms with van der Waals surface area (Å²) in [7, 11) is -2.53. The van der Waals surface area contributed by atoms with Crippen molar-refractivity contribution in [1.29, 1.82) is 0 Å². The molecule has 2 amide bonds. The number of methoxy groups -OCH3 is 1. The fraction of sp³-hybridized carbons (Fsp3) is 0.333. The van der Waals surface area contributed by atoms with Gasteiger partial charge in [-0.05, 0) is 76.1 Å². The Balaban J connectivity index is 2.04. The minimum atomic E-state index is -4.10. The summed E-state index contributed by atoms with van der Waals surface area (Å²) in [4.78, 5) is 28.4. The third kappa shape index (κ3) is 7.38. The van der Waals surface area contributed by atoms with Crippen LogP contribution in [0.25, 0.3) is 0 Å². The third-order valence-corrected chi connectivity index (χ3v) is 8.12. The molecule has 0 saturated heterocycles. The van der Waals surface area contributed by atoms with E-state index in [4.69, 9.17) is 4.74 Å². The summed E-state index contributed by atoms with van der Waals surface area (Å²) in [6, 6.07) is 19.6. The Labute approximate surface area is 231 Å². The molecule has 0 aromatic heterocycles. The second-order valence-corrected chi connectivity index (χ2v) is 11.7. The number of rotatable bonds is 11. The molecular weight excluding hydrogens is 514 g/mol. The van der Waals surface area contributed by atoms with E-state index in [2.05, 4.69) is 5.32 Å². The average molecular weight is 552 g/mol. The molecule has 1 atom stereocenters. The zero-order valence-electron chi connectivity index (χ0n) is 23.3. The van der Waals surface area contributed by atoms with Crippen LogP contribution >= 0.6 is 0 Å². The molecule has 0 radical (unpaired) electrons. The number of amides is 2. The molecule has 1 N–H and O–H groups in total. The first-order chi connectivity index (χ1) is 18.4. The van der Waals surface area contributed by atoms with Crippen molar-refractivity contribution in [2.45, 2.75) is 58.1 Å². The molecule has 0 aliphatic heterocycles. The summed E-state index contributed by atoms with van der Waals surface area (Å²) in [5, 5.41) is 2.85. The predicted octanol–water partition coefficient (Wildman–Crippen LogP) is 4.45. The number of nitrogens with zero attached hydrogens (tertiary/aromatic N) is 2. The normalized spacial score (nSPS) is 12.1. The zero-order chi connectivity index (χ0) is 28.7. The number of ether oxygens (including phenoxy) is 1. The minimum absolute atomic E-state index is 0.0741. The van der Waals surface area contributed by atoms with Gasteiger partial charge in [0.1, 0.15) is 18.3 Å². The largest absolute Gasteiger partial charge is 0.497 e. The van der Waals surface area contributed by atoms with Crippen LogP contribution in [0, 0.1) is 13.8 Å². The highest BCUT2D eigenvalue weighted by atomic mass is 32.2. The van der Waals surface area contributed by atoms with Gasteiger partial charge in [0, 0.05) is 12.6 Å². The van der Waals surface area contributed by atoms with Gasteiger partial charge >= 0.3 is 0 Å². The van der Waals surface area contributed by atoms with Gasteiger partial charge < -0.3 is 15.0 Å². The maximum absolute atomic E-state index is 14.0. The monoisotopic (exact) mass is 551 g/mol. The summed E-state index contributed by atoms with van der Waals surface area (Å²) in [6.07, 6.45) is 0. The highest BCUT2D eigenvalue weighted by molar-refractivity contribution is 7.92. The molecule has 3 aromatic carbocycles. The van der Waals surface area contributed by atoms with E-state index in [-0.39, 0.29) is 23.4 Å². The van der Waals surface area contributed by atoms with E-state index in [1.807, 2.05) is 52.0 Å². The van der Waals surface area contributed by atoms with Crippen molar-refractivity contribution in [3.63, 3.8) is 0 Å². The zero-order valence-corrected chi connectivity index (χ0v) is 24.2. The van der Waals surface area contributed by atoms with Crippen molar-refractivity contribution in [2.24, 2.45) is 0 Å². The van der Waals surface area contributed by atoms with Crippen LogP contribution in [0.5, 0.6) is 5.75 Å². The lowest BCUT2D eigenvalue weighted by atomic mass is 10.1. The molecule has 3 rings (SSSR count). The van der Waals surface area contributed by atoms with Gasteiger partial charge in [-0.2, -0.15) is 0 Å². The standard InChI is InChI=1S/C30H37N3O5S/c1-21(2)31-30(35)24(5)32(19-25-13-15-26(38-6)16-14-25)29(34)20-33(28-17-12-22(3)18-23(28)4)39(36,37)27-10-8-7-9-11-27/h7-18,21,24H,19-20H2,1-6H3,(H,31,35)/t24-/m1/s1. The Morgan fingerprint density at radius 1 is 0.923 bits per heavy atom. The van der Waals surface area contributed by atoms with Crippen molar-refractivity contribution < 1.29 is 22.7 Å². The predicted molar refractivity (Wildman–Crippen MR) is 153 cm³/mol. The molecule has 8 nitrogen and oxygen atoms in total. The Morgan fingerprint density at radius 3 is 2.13 bits per heavy atom. The number of sulfonamides is 1. The van der Waals surface area contributed by atoms with Gasteiger partial charge in [0.2, 0.25) is 11.8 Å². The Kier molecular flexibility index (Phi) is 9.75. The Bertz CT molecular complexity index is 1390. The fourth-order valence-electron chi connectivity index (χ4n) is 4.23. The topological polar surface area (TPSA) is 96.0 Å². The van der Waals surface area contributed by atoms with Crippen LogP contribution in [0.2, 0.25) is 0 Å². The summed E-state index contributed by atoms with van der Waals surface area (Å²) in [5.74, 6) is -0.162. The van der Waals surface area contributed by atoms with Crippen molar-refractivity contribution in [1.82, 2.24) is 10.2 Å². The molecule has 0 aliphatic carbocycles. The fourth-order valence-corrected chi connectivity index (χ4v) is 5.73. The van der Waals surface area contributed by atoms with E-state index in [0.717, 1.165) is 21.0 Å². The van der Waals surface area contributed by atoms with Crippen molar-refractivity contribution in [3.05, 3.63) is 89.5 Å². The van der Waals surface area contributed by atoms with Crippen LogP contribution in [0.3, 0.4) is 0 Å². The lowest BCUT2D eigenvalue weighted by Crippen LogP contribution is -2.52. The van der Waals surface area contributed by atoms with E-state index in [1.54, 1.807) is 50.4 Å². The maximum Gasteiger partial charge on any atom is 0.264 e. The van der Waals surface area contributed by atoms with Gasteiger partial charge in [0.05, 0.1) is 17.7 Å². The van der Waals surface area contributed by atoms with Gasteiger partial charge in [-0.3, -0.25) is 13.9 Å². The van der Waals surface area contributed by atoms with Crippen LogP contribution in [0.15, 0.2) is 77.7 Å². The summed E-state index contributed by atoms with van der Waals surface area (Å²) < 4.78 is 34.1. The highest BCUT2D eigenvalue weighted by Crippen LogP contribution is 2.28. The summed E-state index contributed by atoms with van der Waals surface area (Å²) in [5.41, 5.74) is 2.87. The van der Waals surface area contributed by atoms with E-state index in [0.29, 0.717) is 11.4 Å². The van der Waals surface area contributed by atoms with Crippen molar-refractivity contribution in [3.8, 4) is 5.75 Å². The first-order valence-corrected chi connectivity index (χ1v) is 14.3. The van der Waals surface area contributed by atoms with Gasteiger partial charge in [-0.1, -0.05) is 48.0 Å². The van der Waals surface area contributed by atoms with Crippen LogP contribution in [0.1, 0.15) is 37.5 Å². The third-order valence-electron chi connectivity index (χ3n) is 6.34. The molecule has 0 spiro atoms. The number of hydrogen-bond acceptors (Lipinski definition) is 5. The molecule has 0 heterocycles. The lowest BCUT2D eigenvalue weighted by Gasteiger charge is -2.32. The lowest BCUT2D eigenvalue weighted by molar-refractivity contribution is -0.139. The van der Waals surface area contributed by atoms with Crippen LogP contribution in [-0.4, -0.2) is 50.9 Å². The quantitative estimate of drug-likeness (QED) is 0.380. The van der Waals surface area contributed by atoms with Gasteiger partial charge in [-0.25, -0.2) is 8.42 Å². The summed E-state index contributed by atoms with van der Waals surface area (Å²) in [6.45, 7) is 8.70. The number of benzene rings is 3. The van der Waals surface area contributed by atoms with E-state index in [1.165, 1.54) is 17.0 Å². The molecule has 0 unspecified atom stereocenters. The van der Waals surface area contributed by atoms with E-state index < -0.39 is 28.5 Å². The molecule has 9 heteroatoms. The first kappa shape index (κ1) is 29.7. The second kappa shape index (κ2) is 12.8. The number of hydrogen-bond donors (Lipinski definition) is 1. The Hall–Kier alpha value is -3.85. The second-order valence-electron chi connectivity index (χ2n) is 9.82. The molecule has 0 fully saturated rings. The molecule has 39 heavy (non-hydrogen) atoms. The Morgan fingerprint density at radius 2 is 1.56 bits per heavy atom. The van der Waals surface area contributed by atoms with Crippen LogP contribution in [-0.2, 0) is 26.2 Å². The molecule has 3 aromatic rings. The first-order valence-electron chi connectivity index (χ1n) is 12.8. The number of carbonyl (C=O) groups excluding carboxylic acids is 2. The minimum Gasteiger partial charge on any atom is -0.497 e. The van der Waals surface area contributed by atoms with Crippen LogP contribution in [0.4, 0.5) is 5.69 Å². The number of anilines is 1. The van der Waals surface area contributed by atoms with Gasteiger partial charge in [-0.15, -0.1) is 0 Å². The SMILES string of the molecule is COc1ccc(CN(C(=O)CN(c2ccc(C)cc2C)S(=O)(=O)c2ccccc2)[C@H](C)C(=O)NC(C)C)cc1. The summed E-state index contributed by atoms with van der Waals surface area (Å²) >= 11 is 0. The molecule has 208 valence electrons. The molecule has 0 bridgehead atoms. The van der Waals surface area contributed by atoms with E-state index >= 15 is 0 Å². The average Bonchev–Trinajstić information content (AvgIpc) is 2.90. The molecule has 0 saturated carbocycles. The molecular formula is C30H37N3O5S.